The van der Waals surface area contributed by atoms with E-state index < -0.39 is 0 Å². The van der Waals surface area contributed by atoms with Gasteiger partial charge in [0.05, 0.1) is 11.9 Å². The predicted molar refractivity (Wildman–Crippen MR) is 100 cm³/mol. The van der Waals surface area contributed by atoms with E-state index >= 15 is 0 Å². The van der Waals surface area contributed by atoms with Crippen LogP contribution in [0.5, 0.6) is 0 Å². The molecular formula is C20H20N4O2. The third-order valence-corrected chi connectivity index (χ3v) is 3.85. The maximum atomic E-state index is 12.6. The van der Waals surface area contributed by atoms with Gasteiger partial charge in [0.2, 0.25) is 5.91 Å². The average Bonchev–Trinajstić information content (AvgIpc) is 3.10. The van der Waals surface area contributed by atoms with E-state index in [1.165, 1.54) is 6.92 Å². The fourth-order valence-electron chi connectivity index (χ4n) is 2.66. The van der Waals surface area contributed by atoms with Crippen LogP contribution in [-0.4, -0.2) is 33.5 Å². The van der Waals surface area contributed by atoms with Crippen molar-refractivity contribution in [3.8, 4) is 5.69 Å². The standard InChI is InChI=1S/C20H20N4O2/c1-15(25)22-18-8-6-7-17(11-18)20(26)23(2)13-16-12-21-24(14-16)19-9-4-3-5-10-19/h3-12,14H,13H2,1-2H3,(H,22,25). The molecule has 0 aliphatic rings. The Kier molecular flexibility index (Phi) is 5.12. The van der Waals surface area contributed by atoms with Crippen molar-refractivity contribution in [2.45, 2.75) is 13.5 Å². The molecule has 0 fully saturated rings. The van der Waals surface area contributed by atoms with E-state index in [4.69, 9.17) is 0 Å². The Labute approximate surface area is 152 Å². The molecule has 1 aromatic heterocycles. The molecule has 2 amide bonds. The number of rotatable bonds is 5. The van der Waals surface area contributed by atoms with Crippen molar-refractivity contribution in [3.05, 3.63) is 78.1 Å². The van der Waals surface area contributed by atoms with Gasteiger partial charge in [-0.25, -0.2) is 4.68 Å². The molecular weight excluding hydrogens is 328 g/mol. The minimum Gasteiger partial charge on any atom is -0.337 e. The van der Waals surface area contributed by atoms with Gasteiger partial charge in [0.15, 0.2) is 0 Å². The third-order valence-electron chi connectivity index (χ3n) is 3.85. The number of anilines is 1. The van der Waals surface area contributed by atoms with Crippen molar-refractivity contribution in [1.82, 2.24) is 14.7 Å². The summed E-state index contributed by atoms with van der Waals surface area (Å²) < 4.78 is 1.78. The van der Waals surface area contributed by atoms with Crippen LogP contribution in [0.1, 0.15) is 22.8 Å². The van der Waals surface area contributed by atoms with Gasteiger partial charge in [0.1, 0.15) is 0 Å². The van der Waals surface area contributed by atoms with Crippen molar-refractivity contribution >= 4 is 17.5 Å². The zero-order valence-corrected chi connectivity index (χ0v) is 14.7. The van der Waals surface area contributed by atoms with Gasteiger partial charge in [0, 0.05) is 43.5 Å². The SMILES string of the molecule is CC(=O)Nc1cccc(C(=O)N(C)Cc2cnn(-c3ccccc3)c2)c1. The molecule has 0 spiro atoms. The van der Waals surface area contributed by atoms with Crippen molar-refractivity contribution in [3.63, 3.8) is 0 Å². The fourth-order valence-corrected chi connectivity index (χ4v) is 2.66. The highest BCUT2D eigenvalue weighted by Gasteiger charge is 2.14. The molecule has 6 heteroatoms. The number of para-hydroxylation sites is 1. The molecule has 132 valence electrons. The lowest BCUT2D eigenvalue weighted by Crippen LogP contribution is -2.26. The Bertz CT molecular complexity index is 918. The van der Waals surface area contributed by atoms with Crippen LogP contribution in [0, 0.1) is 0 Å². The Morgan fingerprint density at radius 3 is 2.62 bits per heavy atom. The highest BCUT2D eigenvalue weighted by Crippen LogP contribution is 2.14. The third kappa shape index (κ3) is 4.16. The smallest absolute Gasteiger partial charge is 0.253 e. The van der Waals surface area contributed by atoms with E-state index in [0.717, 1.165) is 11.3 Å². The van der Waals surface area contributed by atoms with E-state index in [2.05, 4.69) is 10.4 Å². The molecule has 2 aromatic carbocycles. The molecule has 1 heterocycles. The summed E-state index contributed by atoms with van der Waals surface area (Å²) in [6.45, 7) is 1.88. The predicted octanol–water partition coefficient (Wildman–Crippen LogP) is 3.10. The van der Waals surface area contributed by atoms with Crippen LogP contribution in [0.3, 0.4) is 0 Å². The number of hydrogen-bond acceptors (Lipinski definition) is 3. The Hall–Kier alpha value is -3.41. The molecule has 0 aliphatic heterocycles. The largest absolute Gasteiger partial charge is 0.337 e. The van der Waals surface area contributed by atoms with E-state index in [1.807, 2.05) is 36.5 Å². The fraction of sp³-hybridized carbons (Fsp3) is 0.150. The topological polar surface area (TPSA) is 67.2 Å². The maximum Gasteiger partial charge on any atom is 0.253 e. The van der Waals surface area contributed by atoms with Crippen LogP contribution in [0.25, 0.3) is 5.69 Å². The molecule has 0 atom stereocenters. The molecule has 0 unspecified atom stereocenters. The second kappa shape index (κ2) is 7.65. The van der Waals surface area contributed by atoms with Crippen molar-refractivity contribution < 1.29 is 9.59 Å². The molecule has 3 rings (SSSR count). The van der Waals surface area contributed by atoms with Crippen LogP contribution >= 0.6 is 0 Å². The first-order valence-electron chi connectivity index (χ1n) is 8.25. The Morgan fingerprint density at radius 1 is 1.12 bits per heavy atom. The molecule has 0 saturated carbocycles. The quantitative estimate of drug-likeness (QED) is 0.770. The lowest BCUT2D eigenvalue weighted by molar-refractivity contribution is -0.114. The van der Waals surface area contributed by atoms with Gasteiger partial charge in [-0.05, 0) is 30.3 Å². The summed E-state index contributed by atoms with van der Waals surface area (Å²) in [5.74, 6) is -0.291. The van der Waals surface area contributed by atoms with Gasteiger partial charge in [-0.1, -0.05) is 24.3 Å². The number of nitrogens with one attached hydrogen (secondary N) is 1. The highest BCUT2D eigenvalue weighted by atomic mass is 16.2. The molecule has 0 saturated heterocycles. The number of nitrogens with zero attached hydrogens (tertiary/aromatic N) is 3. The number of aromatic nitrogens is 2. The summed E-state index contributed by atoms with van der Waals surface area (Å²) in [6, 6.07) is 16.7. The van der Waals surface area contributed by atoms with Crippen LogP contribution in [0.2, 0.25) is 0 Å². The Morgan fingerprint density at radius 2 is 1.88 bits per heavy atom. The summed E-state index contributed by atoms with van der Waals surface area (Å²) in [5, 5.41) is 7.04. The van der Waals surface area contributed by atoms with Gasteiger partial charge < -0.3 is 10.2 Å². The van der Waals surface area contributed by atoms with E-state index in [-0.39, 0.29) is 11.8 Å². The molecule has 3 aromatic rings. The first kappa shape index (κ1) is 17.4. The zero-order valence-electron chi connectivity index (χ0n) is 14.7. The first-order valence-corrected chi connectivity index (χ1v) is 8.25. The molecule has 26 heavy (non-hydrogen) atoms. The molecule has 6 nitrogen and oxygen atoms in total. The summed E-state index contributed by atoms with van der Waals surface area (Å²) >= 11 is 0. The van der Waals surface area contributed by atoms with Gasteiger partial charge in [0.25, 0.3) is 5.91 Å². The number of carbonyl (C=O) groups excluding carboxylic acids is 2. The minimum absolute atomic E-state index is 0.121. The number of hydrogen-bond donors (Lipinski definition) is 1. The summed E-state index contributed by atoms with van der Waals surface area (Å²) in [6.07, 6.45) is 3.66. The van der Waals surface area contributed by atoms with Gasteiger partial charge in [-0.15, -0.1) is 0 Å². The first-order chi connectivity index (χ1) is 12.5. The van der Waals surface area contributed by atoms with Crippen LogP contribution in [0.15, 0.2) is 67.0 Å². The molecule has 0 bridgehead atoms. The van der Waals surface area contributed by atoms with Crippen LogP contribution in [0.4, 0.5) is 5.69 Å². The summed E-state index contributed by atoms with van der Waals surface area (Å²) in [5.41, 5.74) is 3.03. The summed E-state index contributed by atoms with van der Waals surface area (Å²) in [7, 11) is 1.74. The normalized spacial score (nSPS) is 10.4. The van der Waals surface area contributed by atoms with Crippen LogP contribution < -0.4 is 5.32 Å². The number of benzene rings is 2. The number of carbonyl (C=O) groups is 2. The molecule has 0 aliphatic carbocycles. The molecule has 1 N–H and O–H groups in total. The van der Waals surface area contributed by atoms with Crippen molar-refractivity contribution in [2.75, 3.05) is 12.4 Å². The van der Waals surface area contributed by atoms with E-state index in [1.54, 1.807) is 47.1 Å². The highest BCUT2D eigenvalue weighted by molar-refractivity contribution is 5.96. The van der Waals surface area contributed by atoms with E-state index in [0.29, 0.717) is 17.8 Å². The van der Waals surface area contributed by atoms with Crippen LogP contribution in [-0.2, 0) is 11.3 Å². The second-order valence-electron chi connectivity index (χ2n) is 6.05. The zero-order chi connectivity index (χ0) is 18.5. The number of amides is 2. The van der Waals surface area contributed by atoms with E-state index in [9.17, 15) is 9.59 Å². The van der Waals surface area contributed by atoms with Crippen molar-refractivity contribution in [2.24, 2.45) is 0 Å². The van der Waals surface area contributed by atoms with Crippen molar-refractivity contribution in [1.29, 1.82) is 0 Å². The monoisotopic (exact) mass is 348 g/mol. The molecule has 0 radical (unpaired) electrons. The second-order valence-corrected chi connectivity index (χ2v) is 6.05. The summed E-state index contributed by atoms with van der Waals surface area (Å²) in [4.78, 5) is 25.4. The van der Waals surface area contributed by atoms with Gasteiger partial charge in [-0.3, -0.25) is 9.59 Å². The average molecular weight is 348 g/mol. The van der Waals surface area contributed by atoms with Gasteiger partial charge in [-0.2, -0.15) is 5.10 Å². The lowest BCUT2D eigenvalue weighted by atomic mass is 10.1. The lowest BCUT2D eigenvalue weighted by Gasteiger charge is -2.16. The Balaban J connectivity index is 1.70. The minimum atomic E-state index is -0.170. The maximum absolute atomic E-state index is 12.6. The van der Waals surface area contributed by atoms with Gasteiger partial charge >= 0.3 is 0 Å².